The second kappa shape index (κ2) is 10.1. The van der Waals surface area contributed by atoms with Crippen LogP contribution in [0.4, 0.5) is 4.79 Å². The highest BCUT2D eigenvalue weighted by atomic mass is 32.1. The number of carbonyl (C=O) groups excluding carboxylic acids is 2. The number of carbonyl (C=O) groups is 2. The molecule has 5 aromatic rings. The number of aryl methyl sites for hydroxylation is 1. The molecule has 4 aromatic carbocycles. The fourth-order valence-corrected chi connectivity index (χ4v) is 6.77. The molecule has 42 heavy (non-hydrogen) atoms. The van der Waals surface area contributed by atoms with E-state index in [4.69, 9.17) is 4.74 Å². The smallest absolute Gasteiger partial charge is 0.407 e. The van der Waals surface area contributed by atoms with Crippen molar-refractivity contribution in [3.05, 3.63) is 88.9 Å². The Kier molecular flexibility index (Phi) is 6.68. The maximum absolute atomic E-state index is 13.7. The number of thiophene rings is 1. The van der Waals surface area contributed by atoms with Gasteiger partial charge in [0.15, 0.2) is 10.9 Å². The third-order valence-electron chi connectivity index (χ3n) is 7.64. The average molecular weight is 585 g/mol. The molecule has 214 valence electrons. The lowest BCUT2D eigenvalue weighted by Crippen LogP contribution is -2.54. The molecule has 10 heteroatoms. The van der Waals surface area contributed by atoms with Crippen molar-refractivity contribution in [3.8, 4) is 0 Å². The Morgan fingerprint density at radius 3 is 2.05 bits per heavy atom. The molecule has 1 N–H and O–H groups in total. The van der Waals surface area contributed by atoms with Gasteiger partial charge in [-0.3, -0.25) is 24.0 Å². The van der Waals surface area contributed by atoms with Gasteiger partial charge in [0, 0.05) is 53.5 Å². The predicted octanol–water partition coefficient (Wildman–Crippen LogP) is 3.59. The maximum atomic E-state index is 13.7. The zero-order valence-electron chi connectivity index (χ0n) is 23.4. The summed E-state index contributed by atoms with van der Waals surface area (Å²) in [6, 6.07) is 11.4. The van der Waals surface area contributed by atoms with Crippen LogP contribution in [0.15, 0.2) is 61.6 Å². The topological polar surface area (TPSA) is 127 Å². The van der Waals surface area contributed by atoms with Gasteiger partial charge < -0.3 is 15.0 Å². The maximum Gasteiger partial charge on any atom is 0.407 e. The van der Waals surface area contributed by atoms with Gasteiger partial charge in [-0.2, -0.15) is 0 Å². The summed E-state index contributed by atoms with van der Waals surface area (Å²) in [4.78, 5) is 79.9. The summed E-state index contributed by atoms with van der Waals surface area (Å²) in [6.07, 6.45) is 0.101. The minimum atomic E-state index is -0.575. The number of ether oxygens (including phenoxy) is 1. The highest BCUT2D eigenvalue weighted by molar-refractivity contribution is 7.25. The van der Waals surface area contributed by atoms with Crippen molar-refractivity contribution in [1.29, 1.82) is 0 Å². The molecule has 0 spiro atoms. The van der Waals surface area contributed by atoms with Gasteiger partial charge >= 0.3 is 6.09 Å². The Bertz CT molecular complexity index is 2150. The molecule has 0 aliphatic carbocycles. The van der Waals surface area contributed by atoms with E-state index in [-0.39, 0.29) is 65.4 Å². The van der Waals surface area contributed by atoms with Crippen LogP contribution < -0.4 is 27.0 Å². The molecule has 0 bridgehead atoms. The number of nitrogens with zero attached hydrogens (tertiary/aromatic N) is 1. The van der Waals surface area contributed by atoms with Gasteiger partial charge in [0.2, 0.25) is 16.8 Å². The van der Waals surface area contributed by atoms with Crippen molar-refractivity contribution in [2.24, 2.45) is 5.92 Å². The molecule has 1 fully saturated rings. The summed E-state index contributed by atoms with van der Waals surface area (Å²) >= 11 is 0.905. The van der Waals surface area contributed by atoms with Crippen LogP contribution in [-0.4, -0.2) is 42.1 Å². The fourth-order valence-electron chi connectivity index (χ4n) is 5.56. The first-order valence-electron chi connectivity index (χ1n) is 13.7. The minimum absolute atomic E-state index is 0.000177. The lowest BCUT2D eigenvalue weighted by Gasteiger charge is -2.39. The number of fused-ring (bicyclic) bond motifs is 5. The van der Waals surface area contributed by atoms with Crippen molar-refractivity contribution in [2.75, 3.05) is 19.6 Å². The summed E-state index contributed by atoms with van der Waals surface area (Å²) in [6.45, 7) is 6.87. The number of amides is 2. The second-order valence-corrected chi connectivity index (χ2v) is 12.8. The molecule has 1 saturated heterocycles. The Morgan fingerprint density at radius 2 is 1.43 bits per heavy atom. The predicted molar refractivity (Wildman–Crippen MR) is 164 cm³/mol. The fraction of sp³-hybridized carbons (Fsp3) is 0.312. The average Bonchev–Trinajstić information content (AvgIpc) is 3.33. The first-order valence-corrected chi connectivity index (χ1v) is 14.6. The molecule has 6 rings (SSSR count). The van der Waals surface area contributed by atoms with E-state index in [9.17, 15) is 28.8 Å². The van der Waals surface area contributed by atoms with Crippen LogP contribution in [0.5, 0.6) is 0 Å². The number of hydrogen-bond donors (Lipinski definition) is 1. The van der Waals surface area contributed by atoms with Crippen molar-refractivity contribution in [2.45, 2.75) is 39.2 Å². The lowest BCUT2D eigenvalue weighted by molar-refractivity contribution is -0.137. The zero-order chi connectivity index (χ0) is 29.9. The Labute approximate surface area is 243 Å². The minimum Gasteiger partial charge on any atom is -0.444 e. The zero-order valence-corrected chi connectivity index (χ0v) is 24.2. The molecule has 2 heterocycles. The van der Waals surface area contributed by atoms with Gasteiger partial charge in [-0.05, 0) is 44.9 Å². The van der Waals surface area contributed by atoms with Crippen LogP contribution >= 0.6 is 11.3 Å². The largest absolute Gasteiger partial charge is 0.444 e. The first kappa shape index (κ1) is 27.7. The van der Waals surface area contributed by atoms with E-state index in [1.165, 1.54) is 0 Å². The number of benzene rings is 4. The summed E-state index contributed by atoms with van der Waals surface area (Å²) in [5, 5.41) is 3.64. The highest BCUT2D eigenvalue weighted by Crippen LogP contribution is 2.29. The summed E-state index contributed by atoms with van der Waals surface area (Å²) in [7, 11) is 0. The van der Waals surface area contributed by atoms with Gasteiger partial charge in [-0.25, -0.2) is 4.79 Å². The van der Waals surface area contributed by atoms with E-state index in [0.717, 1.165) is 11.3 Å². The first-order chi connectivity index (χ1) is 19.9. The molecule has 1 aliphatic rings. The van der Waals surface area contributed by atoms with Crippen LogP contribution in [0.25, 0.3) is 41.7 Å². The van der Waals surface area contributed by atoms with Crippen molar-refractivity contribution in [1.82, 2.24) is 10.2 Å². The van der Waals surface area contributed by atoms with Crippen molar-refractivity contribution < 1.29 is 14.3 Å². The van der Waals surface area contributed by atoms with E-state index in [1.54, 1.807) is 68.1 Å². The van der Waals surface area contributed by atoms with E-state index in [2.05, 4.69) is 5.32 Å². The van der Waals surface area contributed by atoms with Crippen LogP contribution in [0, 0.1) is 5.92 Å². The molecule has 0 saturated carbocycles. The summed E-state index contributed by atoms with van der Waals surface area (Å²) < 4.78 is 5.47. The third-order valence-corrected chi connectivity index (χ3v) is 8.82. The molecule has 2 amide bonds. The number of likely N-dealkylation sites (tertiary alicyclic amines) is 1. The van der Waals surface area contributed by atoms with Crippen LogP contribution in [-0.2, 0) is 16.0 Å². The molecular weight excluding hydrogens is 556 g/mol. The van der Waals surface area contributed by atoms with Crippen LogP contribution in [0.1, 0.15) is 32.8 Å². The molecule has 0 radical (unpaired) electrons. The molecule has 0 atom stereocenters. The number of rotatable bonds is 5. The number of hydrogen-bond acceptors (Lipinski definition) is 8. The quantitative estimate of drug-likeness (QED) is 0.335. The van der Waals surface area contributed by atoms with Gasteiger partial charge in [-0.1, -0.05) is 30.3 Å². The second-order valence-electron chi connectivity index (χ2n) is 11.8. The normalized spacial score (nSPS) is 14.1. The highest BCUT2D eigenvalue weighted by Gasteiger charge is 2.31. The molecule has 1 aliphatic heterocycles. The molecule has 1 aromatic heterocycles. The standard InChI is InChI=1S/C32H28N2O7S/c1-32(2,3)41-31(40)33-13-17-14-34(15-17)22(35)11-9-16-8-10-20-21(12-16)26(37)24-23-25(36)18-6-4-5-7-19(18)27(38)29(23)42-30(24)28(20)39/h4-8,10,12,17H,9,11,13-15H2,1-3H3,(H,33,40). The van der Waals surface area contributed by atoms with E-state index < -0.39 is 28.0 Å². The Balaban J connectivity index is 1.22. The van der Waals surface area contributed by atoms with E-state index in [0.29, 0.717) is 31.6 Å². The van der Waals surface area contributed by atoms with E-state index >= 15 is 0 Å². The Hall–Kier alpha value is -4.44. The van der Waals surface area contributed by atoms with Crippen LogP contribution in [0.2, 0.25) is 0 Å². The van der Waals surface area contributed by atoms with Gasteiger partial charge in [0.05, 0.1) is 20.2 Å². The van der Waals surface area contributed by atoms with Gasteiger partial charge in [0.1, 0.15) is 5.60 Å². The van der Waals surface area contributed by atoms with Gasteiger partial charge in [0.25, 0.3) is 0 Å². The number of nitrogens with one attached hydrogen (secondary N) is 1. The van der Waals surface area contributed by atoms with E-state index in [1.807, 2.05) is 0 Å². The lowest BCUT2D eigenvalue weighted by atomic mass is 9.97. The molecular formula is C32H28N2O7S. The molecule has 9 nitrogen and oxygen atoms in total. The van der Waals surface area contributed by atoms with Crippen molar-refractivity contribution in [3.63, 3.8) is 0 Å². The monoisotopic (exact) mass is 584 g/mol. The van der Waals surface area contributed by atoms with Crippen LogP contribution in [0.3, 0.4) is 0 Å². The third kappa shape index (κ3) is 4.75. The number of alkyl carbamates (subject to hydrolysis) is 1. The SMILES string of the molecule is CC(C)(C)OC(=O)NCC1CN(C(=O)CCc2ccc3c(=O)c4sc5c(=O)c6ccccc6c(=O)c5c4c(=O)c3c2)C1. The summed E-state index contributed by atoms with van der Waals surface area (Å²) in [5.41, 5.74) is -1.51. The summed E-state index contributed by atoms with van der Waals surface area (Å²) in [5.74, 6) is 0.113. The molecule has 0 unspecified atom stereocenters. The van der Waals surface area contributed by atoms with Gasteiger partial charge in [-0.15, -0.1) is 11.3 Å². The Morgan fingerprint density at radius 1 is 0.857 bits per heavy atom. The van der Waals surface area contributed by atoms with Crippen molar-refractivity contribution >= 4 is 65.1 Å².